The molecule has 0 atom stereocenters. The summed E-state index contributed by atoms with van der Waals surface area (Å²) in [5, 5.41) is 0. The van der Waals surface area contributed by atoms with Gasteiger partial charge in [-0.1, -0.05) is 32.6 Å². The average Bonchev–Trinajstić information content (AvgIpc) is 2.28. The normalized spacial score (nSPS) is 19.6. The number of unbranched alkanes of at least 4 members (excludes halogenated alkanes) is 2. The van der Waals surface area contributed by atoms with Crippen molar-refractivity contribution in [2.45, 2.75) is 51.9 Å². The molecule has 1 fully saturated rings. The summed E-state index contributed by atoms with van der Waals surface area (Å²) in [7, 11) is 0. The number of rotatable bonds is 7. The largest absolute Gasteiger partial charge is 0.330 e. The summed E-state index contributed by atoms with van der Waals surface area (Å²) in [5.74, 6) is 1.02. The molecule has 90 valence electrons. The van der Waals surface area contributed by atoms with Crippen LogP contribution in [0, 0.1) is 5.92 Å². The van der Waals surface area contributed by atoms with E-state index >= 15 is 0 Å². The van der Waals surface area contributed by atoms with Gasteiger partial charge in [-0.25, -0.2) is 0 Å². The number of hydrogen-bond donors (Lipinski definition) is 1. The third-order valence-electron chi connectivity index (χ3n) is 3.60. The van der Waals surface area contributed by atoms with Crippen LogP contribution in [0.1, 0.15) is 51.9 Å². The van der Waals surface area contributed by atoms with Crippen molar-refractivity contribution in [1.29, 1.82) is 0 Å². The van der Waals surface area contributed by atoms with Gasteiger partial charge >= 0.3 is 0 Å². The number of nitrogens with zero attached hydrogens (tertiary/aromatic N) is 1. The Kier molecular flexibility index (Phi) is 7.03. The molecule has 2 nitrogen and oxygen atoms in total. The first-order valence-corrected chi connectivity index (χ1v) is 6.79. The third kappa shape index (κ3) is 5.53. The van der Waals surface area contributed by atoms with Gasteiger partial charge in [0.2, 0.25) is 0 Å². The first-order chi connectivity index (χ1) is 7.36. The average molecular weight is 212 g/mol. The Morgan fingerprint density at radius 3 is 2.47 bits per heavy atom. The molecule has 0 radical (unpaired) electrons. The minimum Gasteiger partial charge on any atom is -0.330 e. The SMILES string of the molecule is CCCCCC1CCN(CCCN)CC1. The monoisotopic (exact) mass is 212 g/mol. The van der Waals surface area contributed by atoms with Crippen molar-refractivity contribution in [1.82, 2.24) is 4.90 Å². The molecule has 15 heavy (non-hydrogen) atoms. The summed E-state index contributed by atoms with van der Waals surface area (Å²) < 4.78 is 0. The van der Waals surface area contributed by atoms with Gasteiger partial charge in [0, 0.05) is 0 Å². The fourth-order valence-corrected chi connectivity index (χ4v) is 2.50. The maximum atomic E-state index is 5.53. The summed E-state index contributed by atoms with van der Waals surface area (Å²) in [6.07, 6.45) is 9.72. The van der Waals surface area contributed by atoms with Gasteiger partial charge in [-0.05, 0) is 51.4 Å². The van der Waals surface area contributed by atoms with Crippen LogP contribution in [0.2, 0.25) is 0 Å². The topological polar surface area (TPSA) is 29.3 Å². The lowest BCUT2D eigenvalue weighted by Gasteiger charge is -2.31. The van der Waals surface area contributed by atoms with Gasteiger partial charge in [0.25, 0.3) is 0 Å². The van der Waals surface area contributed by atoms with Crippen LogP contribution in [0.15, 0.2) is 0 Å². The number of piperidine rings is 1. The zero-order chi connectivity index (χ0) is 10.9. The minimum atomic E-state index is 0.844. The van der Waals surface area contributed by atoms with Gasteiger partial charge in [0.05, 0.1) is 0 Å². The summed E-state index contributed by atoms with van der Waals surface area (Å²) in [5.41, 5.74) is 5.53. The Labute approximate surface area is 95.2 Å². The Hall–Kier alpha value is -0.0800. The first-order valence-electron chi connectivity index (χ1n) is 6.79. The highest BCUT2D eigenvalue weighted by atomic mass is 15.1. The van der Waals surface area contributed by atoms with Crippen molar-refractivity contribution in [3.63, 3.8) is 0 Å². The molecule has 0 bridgehead atoms. The van der Waals surface area contributed by atoms with E-state index in [2.05, 4.69) is 11.8 Å². The standard InChI is InChI=1S/C13H28N2/c1-2-3-4-6-13-7-11-15(12-8-13)10-5-9-14/h13H,2-12,14H2,1H3. The van der Waals surface area contributed by atoms with Crippen molar-refractivity contribution in [3.8, 4) is 0 Å². The molecule has 0 aliphatic carbocycles. The van der Waals surface area contributed by atoms with Crippen molar-refractivity contribution in [2.75, 3.05) is 26.2 Å². The molecule has 0 aromatic carbocycles. The Morgan fingerprint density at radius 1 is 1.13 bits per heavy atom. The molecule has 0 unspecified atom stereocenters. The lowest BCUT2D eigenvalue weighted by atomic mass is 9.91. The predicted octanol–water partition coefficient (Wildman–Crippen LogP) is 2.63. The van der Waals surface area contributed by atoms with E-state index < -0.39 is 0 Å². The third-order valence-corrected chi connectivity index (χ3v) is 3.60. The van der Waals surface area contributed by atoms with Crippen LogP contribution in [0.5, 0.6) is 0 Å². The lowest BCUT2D eigenvalue weighted by molar-refractivity contribution is 0.176. The fraction of sp³-hybridized carbons (Fsp3) is 1.00. The molecule has 1 saturated heterocycles. The molecule has 1 heterocycles. The second-order valence-corrected chi connectivity index (χ2v) is 4.92. The van der Waals surface area contributed by atoms with E-state index in [0.29, 0.717) is 0 Å². The molecule has 0 aromatic heterocycles. The summed E-state index contributed by atoms with van der Waals surface area (Å²) in [6, 6.07) is 0. The van der Waals surface area contributed by atoms with E-state index in [4.69, 9.17) is 5.73 Å². The van der Waals surface area contributed by atoms with Crippen LogP contribution < -0.4 is 5.73 Å². The van der Waals surface area contributed by atoms with Gasteiger partial charge in [-0.3, -0.25) is 0 Å². The van der Waals surface area contributed by atoms with E-state index in [1.165, 1.54) is 64.6 Å². The van der Waals surface area contributed by atoms with Crippen LogP contribution >= 0.6 is 0 Å². The Bertz CT molecular complexity index is 139. The van der Waals surface area contributed by atoms with Gasteiger partial charge in [0.1, 0.15) is 0 Å². The Morgan fingerprint density at radius 2 is 1.87 bits per heavy atom. The van der Waals surface area contributed by atoms with Gasteiger partial charge < -0.3 is 10.6 Å². The van der Waals surface area contributed by atoms with Crippen LogP contribution in [0.4, 0.5) is 0 Å². The second-order valence-electron chi connectivity index (χ2n) is 4.92. The lowest BCUT2D eigenvalue weighted by Crippen LogP contribution is -2.35. The van der Waals surface area contributed by atoms with Gasteiger partial charge in [-0.15, -0.1) is 0 Å². The van der Waals surface area contributed by atoms with Crippen LogP contribution in [-0.2, 0) is 0 Å². The molecular weight excluding hydrogens is 184 g/mol. The summed E-state index contributed by atoms with van der Waals surface area (Å²) in [4.78, 5) is 2.59. The quantitative estimate of drug-likeness (QED) is 0.657. The molecule has 2 heteroatoms. The predicted molar refractivity (Wildman–Crippen MR) is 67.0 cm³/mol. The molecule has 1 aliphatic rings. The summed E-state index contributed by atoms with van der Waals surface area (Å²) in [6.45, 7) is 6.98. The van der Waals surface area contributed by atoms with Crippen LogP contribution in [-0.4, -0.2) is 31.1 Å². The molecule has 1 aliphatic heterocycles. The van der Waals surface area contributed by atoms with Crippen molar-refractivity contribution >= 4 is 0 Å². The molecule has 1 rings (SSSR count). The summed E-state index contributed by atoms with van der Waals surface area (Å²) >= 11 is 0. The molecule has 0 aromatic rings. The van der Waals surface area contributed by atoms with Gasteiger partial charge in [-0.2, -0.15) is 0 Å². The Balaban J connectivity index is 2.02. The van der Waals surface area contributed by atoms with E-state index in [9.17, 15) is 0 Å². The molecule has 0 saturated carbocycles. The van der Waals surface area contributed by atoms with Crippen LogP contribution in [0.25, 0.3) is 0 Å². The molecule has 0 amide bonds. The van der Waals surface area contributed by atoms with E-state index in [1.54, 1.807) is 0 Å². The van der Waals surface area contributed by atoms with E-state index in [0.717, 1.165) is 12.5 Å². The molecule has 2 N–H and O–H groups in total. The highest BCUT2D eigenvalue weighted by molar-refractivity contribution is 4.72. The smallest absolute Gasteiger partial charge is 0.000671 e. The number of hydrogen-bond acceptors (Lipinski definition) is 2. The molecule has 0 spiro atoms. The zero-order valence-electron chi connectivity index (χ0n) is 10.4. The zero-order valence-corrected chi connectivity index (χ0v) is 10.4. The minimum absolute atomic E-state index is 0.844. The number of likely N-dealkylation sites (tertiary alicyclic amines) is 1. The number of nitrogens with two attached hydrogens (primary N) is 1. The fourth-order valence-electron chi connectivity index (χ4n) is 2.50. The van der Waals surface area contributed by atoms with Crippen molar-refractivity contribution in [3.05, 3.63) is 0 Å². The first kappa shape index (κ1) is 13.0. The van der Waals surface area contributed by atoms with E-state index in [-0.39, 0.29) is 0 Å². The van der Waals surface area contributed by atoms with Crippen molar-refractivity contribution in [2.24, 2.45) is 11.7 Å². The van der Waals surface area contributed by atoms with Crippen molar-refractivity contribution < 1.29 is 0 Å². The highest BCUT2D eigenvalue weighted by Crippen LogP contribution is 2.22. The highest BCUT2D eigenvalue weighted by Gasteiger charge is 2.17. The van der Waals surface area contributed by atoms with Gasteiger partial charge in [0.15, 0.2) is 0 Å². The van der Waals surface area contributed by atoms with Crippen LogP contribution in [0.3, 0.4) is 0 Å². The maximum Gasteiger partial charge on any atom is -0.000671 e. The second kappa shape index (κ2) is 8.12. The maximum absolute atomic E-state index is 5.53. The van der Waals surface area contributed by atoms with E-state index in [1.807, 2.05) is 0 Å². The molecular formula is C13H28N2.